The van der Waals surface area contributed by atoms with E-state index in [0.717, 1.165) is 13.0 Å². The van der Waals surface area contributed by atoms with Crippen molar-refractivity contribution in [2.75, 3.05) is 11.9 Å². The van der Waals surface area contributed by atoms with Gasteiger partial charge >= 0.3 is 0 Å². The van der Waals surface area contributed by atoms with E-state index in [1.165, 1.54) is 22.4 Å². The van der Waals surface area contributed by atoms with Gasteiger partial charge < -0.3 is 5.32 Å². The Hall–Kier alpha value is -1.76. The number of para-hydroxylation sites is 1. The Morgan fingerprint density at radius 1 is 1.00 bits per heavy atom. The van der Waals surface area contributed by atoms with E-state index in [0.29, 0.717) is 5.92 Å². The Morgan fingerprint density at radius 2 is 1.70 bits per heavy atom. The molecular formula is C19H23N. The smallest absolute Gasteiger partial charge is 0.0376 e. The minimum absolute atomic E-state index is 0.236. The van der Waals surface area contributed by atoms with Crippen LogP contribution in [0.25, 0.3) is 0 Å². The van der Waals surface area contributed by atoms with E-state index in [2.05, 4.69) is 74.6 Å². The molecule has 1 N–H and O–H groups in total. The summed E-state index contributed by atoms with van der Waals surface area (Å²) >= 11 is 0. The summed E-state index contributed by atoms with van der Waals surface area (Å²) in [7, 11) is 0. The third kappa shape index (κ3) is 2.58. The average Bonchev–Trinajstić information content (AvgIpc) is 2.82. The quantitative estimate of drug-likeness (QED) is 0.827. The summed E-state index contributed by atoms with van der Waals surface area (Å²) in [5.41, 5.74) is 5.85. The first-order valence-electron chi connectivity index (χ1n) is 7.46. The molecular weight excluding hydrogens is 242 g/mol. The van der Waals surface area contributed by atoms with Crippen molar-refractivity contribution in [2.45, 2.75) is 38.5 Å². The molecule has 1 nitrogen and oxygen atoms in total. The standard InChI is InChI=1S/C19H23N/c1-19(2,3)16-10-8-14(9-11-16)12-15-13-20-18-7-5-4-6-17(15)18/h4-11,15,20H,12-13H2,1-3H3. The molecule has 0 bridgehead atoms. The topological polar surface area (TPSA) is 12.0 Å². The van der Waals surface area contributed by atoms with Gasteiger partial charge in [0.2, 0.25) is 0 Å². The Kier molecular flexibility index (Phi) is 3.29. The normalized spacial score (nSPS) is 17.6. The Bertz CT molecular complexity index is 590. The second kappa shape index (κ2) is 4.97. The summed E-state index contributed by atoms with van der Waals surface area (Å²) in [5.74, 6) is 0.603. The molecule has 0 spiro atoms. The molecule has 0 amide bonds. The highest BCUT2D eigenvalue weighted by Crippen LogP contribution is 2.33. The summed E-state index contributed by atoms with van der Waals surface area (Å²) in [5, 5.41) is 3.51. The molecule has 0 saturated carbocycles. The summed E-state index contributed by atoms with van der Waals surface area (Å²) in [6, 6.07) is 17.8. The van der Waals surface area contributed by atoms with Crippen LogP contribution in [0.15, 0.2) is 48.5 Å². The molecule has 1 heteroatoms. The lowest BCUT2D eigenvalue weighted by atomic mass is 9.85. The number of fused-ring (bicyclic) bond motifs is 1. The highest BCUT2D eigenvalue weighted by atomic mass is 14.9. The van der Waals surface area contributed by atoms with Gasteiger partial charge in [-0.15, -0.1) is 0 Å². The number of hydrogen-bond donors (Lipinski definition) is 1. The second-order valence-electron chi connectivity index (χ2n) is 6.82. The van der Waals surface area contributed by atoms with Crippen molar-refractivity contribution in [1.29, 1.82) is 0 Å². The van der Waals surface area contributed by atoms with Crippen LogP contribution in [0.1, 0.15) is 43.4 Å². The van der Waals surface area contributed by atoms with E-state index in [-0.39, 0.29) is 5.41 Å². The van der Waals surface area contributed by atoms with Crippen LogP contribution in [0, 0.1) is 0 Å². The highest BCUT2D eigenvalue weighted by Gasteiger charge is 2.21. The van der Waals surface area contributed by atoms with E-state index in [1.54, 1.807) is 0 Å². The van der Waals surface area contributed by atoms with Crippen LogP contribution in [0.4, 0.5) is 5.69 Å². The molecule has 104 valence electrons. The Morgan fingerprint density at radius 3 is 2.40 bits per heavy atom. The fraction of sp³-hybridized carbons (Fsp3) is 0.368. The summed E-state index contributed by atoms with van der Waals surface area (Å²) in [4.78, 5) is 0. The third-order valence-electron chi connectivity index (χ3n) is 4.24. The molecule has 1 atom stereocenters. The van der Waals surface area contributed by atoms with Gasteiger partial charge in [-0.25, -0.2) is 0 Å². The number of nitrogens with one attached hydrogen (secondary N) is 1. The van der Waals surface area contributed by atoms with Crippen molar-refractivity contribution in [3.8, 4) is 0 Å². The fourth-order valence-electron chi connectivity index (χ4n) is 2.96. The molecule has 2 aromatic carbocycles. The van der Waals surface area contributed by atoms with Gasteiger partial charge in [0.15, 0.2) is 0 Å². The van der Waals surface area contributed by atoms with Crippen LogP contribution < -0.4 is 5.32 Å². The average molecular weight is 265 g/mol. The lowest BCUT2D eigenvalue weighted by Crippen LogP contribution is -2.11. The van der Waals surface area contributed by atoms with Crippen LogP contribution in [0.3, 0.4) is 0 Å². The van der Waals surface area contributed by atoms with Crippen LogP contribution in [-0.4, -0.2) is 6.54 Å². The molecule has 1 heterocycles. The van der Waals surface area contributed by atoms with Gasteiger partial charge in [0, 0.05) is 18.2 Å². The summed E-state index contributed by atoms with van der Waals surface area (Å²) in [6.07, 6.45) is 1.12. The van der Waals surface area contributed by atoms with Gasteiger partial charge in [0.05, 0.1) is 0 Å². The number of benzene rings is 2. The molecule has 0 aromatic heterocycles. The maximum absolute atomic E-state index is 3.51. The van der Waals surface area contributed by atoms with Crippen molar-refractivity contribution in [2.24, 2.45) is 0 Å². The SMILES string of the molecule is CC(C)(C)c1ccc(CC2CNc3ccccc32)cc1. The first-order chi connectivity index (χ1) is 9.54. The fourth-order valence-corrected chi connectivity index (χ4v) is 2.96. The van der Waals surface area contributed by atoms with Crippen molar-refractivity contribution in [1.82, 2.24) is 0 Å². The summed E-state index contributed by atoms with van der Waals surface area (Å²) < 4.78 is 0. The van der Waals surface area contributed by atoms with E-state index in [4.69, 9.17) is 0 Å². The zero-order valence-corrected chi connectivity index (χ0v) is 12.6. The molecule has 1 unspecified atom stereocenters. The highest BCUT2D eigenvalue weighted by molar-refractivity contribution is 5.57. The molecule has 1 aliphatic rings. The van der Waals surface area contributed by atoms with E-state index in [1.807, 2.05) is 0 Å². The van der Waals surface area contributed by atoms with Crippen molar-refractivity contribution >= 4 is 5.69 Å². The first kappa shape index (κ1) is 13.2. The predicted molar refractivity (Wildman–Crippen MR) is 86.5 cm³/mol. The number of hydrogen-bond acceptors (Lipinski definition) is 1. The molecule has 2 aromatic rings. The maximum Gasteiger partial charge on any atom is 0.0376 e. The lowest BCUT2D eigenvalue weighted by Gasteiger charge is -2.19. The molecule has 0 aliphatic carbocycles. The number of anilines is 1. The summed E-state index contributed by atoms with van der Waals surface area (Å²) in [6.45, 7) is 7.85. The van der Waals surface area contributed by atoms with E-state index in [9.17, 15) is 0 Å². The Labute approximate surface area is 122 Å². The zero-order chi connectivity index (χ0) is 14.2. The molecule has 1 aliphatic heterocycles. The minimum Gasteiger partial charge on any atom is -0.384 e. The van der Waals surface area contributed by atoms with Gasteiger partial charge in [-0.05, 0) is 34.6 Å². The van der Waals surface area contributed by atoms with Crippen LogP contribution in [-0.2, 0) is 11.8 Å². The second-order valence-corrected chi connectivity index (χ2v) is 6.82. The molecule has 0 radical (unpaired) electrons. The van der Waals surface area contributed by atoms with Gasteiger partial charge in [-0.1, -0.05) is 63.2 Å². The van der Waals surface area contributed by atoms with Crippen LogP contribution >= 0.6 is 0 Å². The first-order valence-corrected chi connectivity index (χ1v) is 7.46. The minimum atomic E-state index is 0.236. The van der Waals surface area contributed by atoms with E-state index < -0.39 is 0 Å². The van der Waals surface area contributed by atoms with Crippen molar-refractivity contribution < 1.29 is 0 Å². The predicted octanol–water partition coefficient (Wildman–Crippen LogP) is 4.74. The molecule has 3 rings (SSSR count). The molecule has 0 saturated heterocycles. The van der Waals surface area contributed by atoms with Gasteiger partial charge in [-0.2, -0.15) is 0 Å². The van der Waals surface area contributed by atoms with Crippen LogP contribution in [0.5, 0.6) is 0 Å². The Balaban J connectivity index is 1.76. The monoisotopic (exact) mass is 265 g/mol. The van der Waals surface area contributed by atoms with Crippen molar-refractivity contribution in [3.05, 3.63) is 65.2 Å². The largest absolute Gasteiger partial charge is 0.384 e. The van der Waals surface area contributed by atoms with Crippen molar-refractivity contribution in [3.63, 3.8) is 0 Å². The lowest BCUT2D eigenvalue weighted by molar-refractivity contribution is 0.589. The van der Waals surface area contributed by atoms with Gasteiger partial charge in [0.25, 0.3) is 0 Å². The maximum atomic E-state index is 3.51. The number of rotatable bonds is 2. The van der Waals surface area contributed by atoms with Gasteiger partial charge in [0.1, 0.15) is 0 Å². The molecule has 0 fully saturated rings. The van der Waals surface area contributed by atoms with Crippen LogP contribution in [0.2, 0.25) is 0 Å². The molecule has 20 heavy (non-hydrogen) atoms. The zero-order valence-electron chi connectivity index (χ0n) is 12.6. The third-order valence-corrected chi connectivity index (χ3v) is 4.24. The van der Waals surface area contributed by atoms with E-state index >= 15 is 0 Å². The van der Waals surface area contributed by atoms with Gasteiger partial charge in [-0.3, -0.25) is 0 Å².